The van der Waals surface area contributed by atoms with E-state index in [0.29, 0.717) is 37.3 Å². The molecule has 3 amide bonds. The third kappa shape index (κ3) is 5.40. The number of carbonyl (C=O) groups is 3. The number of aryl methyl sites for hydroxylation is 2. The van der Waals surface area contributed by atoms with E-state index in [1.54, 1.807) is 9.80 Å². The van der Waals surface area contributed by atoms with Gasteiger partial charge in [-0.05, 0) is 69.3 Å². The number of hydrogen-bond acceptors (Lipinski definition) is 6. The maximum absolute atomic E-state index is 13.5. The molecule has 0 unspecified atom stereocenters. The minimum Gasteiger partial charge on any atom is -0.444 e. The molecular weight excluding hydrogens is 464 g/mol. The van der Waals surface area contributed by atoms with Crippen molar-refractivity contribution in [3.8, 4) is 0 Å². The van der Waals surface area contributed by atoms with Crippen molar-refractivity contribution < 1.29 is 19.1 Å². The Morgan fingerprint density at radius 1 is 1.14 bits per heavy atom. The minimum atomic E-state index is -0.866. The number of thiophene rings is 1. The number of nitrogens with zero attached hydrogens (tertiary/aromatic N) is 3. The van der Waals surface area contributed by atoms with Crippen molar-refractivity contribution in [3.05, 3.63) is 51.7 Å². The molecule has 1 N–H and O–H groups in total. The number of piperidine rings is 1. The molecule has 1 spiro atoms. The van der Waals surface area contributed by atoms with Gasteiger partial charge in [0.1, 0.15) is 23.5 Å². The van der Waals surface area contributed by atoms with Crippen LogP contribution in [0.15, 0.2) is 40.7 Å². The highest BCUT2D eigenvalue weighted by atomic mass is 32.1. The van der Waals surface area contributed by atoms with Crippen molar-refractivity contribution >= 4 is 40.6 Å². The Balaban J connectivity index is 1.53. The van der Waals surface area contributed by atoms with Gasteiger partial charge in [0.25, 0.3) is 5.91 Å². The van der Waals surface area contributed by atoms with E-state index in [1.165, 1.54) is 11.3 Å². The highest BCUT2D eigenvalue weighted by Crippen LogP contribution is 2.37. The molecule has 0 saturated carbocycles. The van der Waals surface area contributed by atoms with Gasteiger partial charge in [0, 0.05) is 31.6 Å². The maximum atomic E-state index is 13.5. The second-order valence-electron chi connectivity index (χ2n) is 10.1. The van der Waals surface area contributed by atoms with Crippen molar-refractivity contribution in [1.29, 1.82) is 0 Å². The van der Waals surface area contributed by atoms with E-state index < -0.39 is 11.3 Å². The van der Waals surface area contributed by atoms with Crippen LogP contribution in [0.5, 0.6) is 0 Å². The molecule has 8 nitrogen and oxygen atoms in total. The lowest BCUT2D eigenvalue weighted by Crippen LogP contribution is -2.56. The average Bonchev–Trinajstić information content (AvgIpc) is 3.39. The smallest absolute Gasteiger partial charge is 0.410 e. The molecular formula is C26H32N4O4S. The number of rotatable bonds is 4. The number of aliphatic imine (C=N–C) groups is 1. The molecule has 1 fully saturated rings. The van der Waals surface area contributed by atoms with E-state index in [2.05, 4.69) is 5.32 Å². The number of likely N-dealkylation sites (tertiary alicyclic amines) is 1. The van der Waals surface area contributed by atoms with E-state index in [-0.39, 0.29) is 24.5 Å². The summed E-state index contributed by atoms with van der Waals surface area (Å²) in [4.78, 5) is 48.0. The molecule has 4 rings (SSSR count). The number of benzene rings is 1. The molecule has 1 aromatic carbocycles. The predicted molar refractivity (Wildman–Crippen MR) is 137 cm³/mol. The first-order valence-electron chi connectivity index (χ1n) is 11.8. The van der Waals surface area contributed by atoms with Crippen LogP contribution in [0, 0.1) is 13.8 Å². The van der Waals surface area contributed by atoms with E-state index in [1.807, 2.05) is 70.3 Å². The summed E-state index contributed by atoms with van der Waals surface area (Å²) >= 11 is 1.45. The molecule has 1 aromatic heterocycles. The van der Waals surface area contributed by atoms with E-state index in [4.69, 9.17) is 9.73 Å². The van der Waals surface area contributed by atoms with Crippen molar-refractivity contribution in [2.45, 2.75) is 58.7 Å². The molecule has 2 aromatic rings. The van der Waals surface area contributed by atoms with Gasteiger partial charge in [-0.3, -0.25) is 9.59 Å². The predicted octanol–water partition coefficient (Wildman–Crippen LogP) is 4.36. The molecule has 9 heteroatoms. The van der Waals surface area contributed by atoms with Gasteiger partial charge >= 0.3 is 6.09 Å². The first kappa shape index (κ1) is 24.9. The number of anilines is 1. The summed E-state index contributed by atoms with van der Waals surface area (Å²) in [5.41, 5.74) is 1.84. The lowest BCUT2D eigenvalue weighted by molar-refractivity contribution is -0.134. The molecule has 3 heterocycles. The zero-order valence-corrected chi connectivity index (χ0v) is 21.7. The molecule has 2 aliphatic rings. The van der Waals surface area contributed by atoms with Gasteiger partial charge in [0.05, 0.1) is 4.88 Å². The summed E-state index contributed by atoms with van der Waals surface area (Å²) in [7, 11) is 0. The Bertz CT molecular complexity index is 1160. The normalized spacial score (nSPS) is 17.5. The van der Waals surface area contributed by atoms with Gasteiger partial charge in [0.2, 0.25) is 5.91 Å². The van der Waals surface area contributed by atoms with Crippen LogP contribution >= 0.6 is 11.3 Å². The first-order valence-corrected chi connectivity index (χ1v) is 12.7. The highest BCUT2D eigenvalue weighted by Gasteiger charge is 2.50. The number of nitrogens with one attached hydrogen (secondary N) is 1. The second kappa shape index (κ2) is 9.45. The third-order valence-electron chi connectivity index (χ3n) is 6.33. The molecule has 186 valence electrons. The van der Waals surface area contributed by atoms with Crippen LogP contribution in [-0.2, 0) is 14.3 Å². The fourth-order valence-corrected chi connectivity index (χ4v) is 5.05. The lowest BCUT2D eigenvalue weighted by atomic mass is 9.96. The average molecular weight is 497 g/mol. The van der Waals surface area contributed by atoms with Gasteiger partial charge < -0.3 is 19.9 Å². The Kier molecular flexibility index (Phi) is 6.73. The maximum Gasteiger partial charge on any atom is 0.410 e. The summed E-state index contributed by atoms with van der Waals surface area (Å²) in [6.45, 7) is 10.2. The number of ether oxygens (including phenoxy) is 1. The quantitative estimate of drug-likeness (QED) is 0.681. The second-order valence-corrected chi connectivity index (χ2v) is 11.1. The molecule has 0 atom stereocenters. The van der Waals surface area contributed by atoms with E-state index >= 15 is 0 Å². The zero-order chi connectivity index (χ0) is 25.4. The Labute approximate surface area is 210 Å². The monoisotopic (exact) mass is 496 g/mol. The van der Waals surface area contributed by atoms with Crippen molar-refractivity contribution in [1.82, 2.24) is 9.80 Å². The van der Waals surface area contributed by atoms with Gasteiger partial charge in [0.15, 0.2) is 0 Å². The third-order valence-corrected chi connectivity index (χ3v) is 7.21. The summed E-state index contributed by atoms with van der Waals surface area (Å²) in [5, 5.41) is 4.82. The van der Waals surface area contributed by atoms with E-state index in [9.17, 15) is 14.4 Å². The minimum absolute atomic E-state index is 0.115. The van der Waals surface area contributed by atoms with Gasteiger partial charge in [-0.15, -0.1) is 11.3 Å². The fourth-order valence-electron chi connectivity index (χ4n) is 4.34. The van der Waals surface area contributed by atoms with Gasteiger partial charge in [-0.1, -0.05) is 12.1 Å². The SMILES string of the molecule is Cc1ccc(NC(=O)CN2C(=O)C(c3cccs3)=NC23CCN(C(=O)OC(C)(C)C)CC3)cc1C. The molecule has 0 radical (unpaired) electrons. The van der Waals surface area contributed by atoms with Crippen LogP contribution in [-0.4, -0.2) is 64.3 Å². The Hall–Kier alpha value is -3.20. The zero-order valence-electron chi connectivity index (χ0n) is 20.9. The summed E-state index contributed by atoms with van der Waals surface area (Å²) in [6.07, 6.45) is 0.492. The standard InChI is InChI=1S/C26H32N4O4S/c1-17-8-9-19(15-18(17)2)27-21(31)16-30-23(32)22(20-7-6-14-35-20)28-26(30)10-12-29(13-11-26)24(33)34-25(3,4)5/h6-9,14-15H,10-13,16H2,1-5H3,(H,27,31). The highest BCUT2D eigenvalue weighted by molar-refractivity contribution is 7.13. The molecule has 1 saturated heterocycles. The molecule has 0 aliphatic carbocycles. The summed E-state index contributed by atoms with van der Waals surface area (Å²) < 4.78 is 5.51. The van der Waals surface area contributed by atoms with Crippen LogP contribution in [0.1, 0.15) is 49.6 Å². The van der Waals surface area contributed by atoms with Crippen LogP contribution in [0.3, 0.4) is 0 Å². The number of hydrogen-bond donors (Lipinski definition) is 1. The molecule has 0 bridgehead atoms. The van der Waals surface area contributed by atoms with Crippen molar-refractivity contribution in [2.24, 2.45) is 4.99 Å². The summed E-state index contributed by atoms with van der Waals surface area (Å²) in [5.74, 6) is -0.536. The van der Waals surface area contributed by atoms with Crippen LogP contribution in [0.2, 0.25) is 0 Å². The molecule has 2 aliphatic heterocycles. The van der Waals surface area contributed by atoms with Crippen LogP contribution < -0.4 is 5.32 Å². The van der Waals surface area contributed by atoms with E-state index in [0.717, 1.165) is 16.0 Å². The van der Waals surface area contributed by atoms with Crippen LogP contribution in [0.25, 0.3) is 0 Å². The van der Waals surface area contributed by atoms with Gasteiger partial charge in [-0.2, -0.15) is 0 Å². The summed E-state index contributed by atoms with van der Waals surface area (Å²) in [6, 6.07) is 9.47. The fraction of sp³-hybridized carbons (Fsp3) is 0.462. The Morgan fingerprint density at radius 2 is 1.86 bits per heavy atom. The topological polar surface area (TPSA) is 91.3 Å². The first-order chi connectivity index (χ1) is 16.5. The lowest BCUT2D eigenvalue weighted by Gasteiger charge is -2.42. The van der Waals surface area contributed by atoms with Crippen molar-refractivity contribution in [2.75, 3.05) is 25.0 Å². The van der Waals surface area contributed by atoms with Crippen molar-refractivity contribution in [3.63, 3.8) is 0 Å². The number of amides is 3. The number of carbonyl (C=O) groups excluding carboxylic acids is 3. The molecule has 35 heavy (non-hydrogen) atoms. The van der Waals surface area contributed by atoms with Crippen LogP contribution in [0.4, 0.5) is 10.5 Å². The van der Waals surface area contributed by atoms with Gasteiger partial charge in [-0.25, -0.2) is 9.79 Å². The Morgan fingerprint density at radius 3 is 2.46 bits per heavy atom. The largest absolute Gasteiger partial charge is 0.444 e.